The van der Waals surface area contributed by atoms with Gasteiger partial charge >= 0.3 is 23.9 Å². The lowest BCUT2D eigenvalue weighted by atomic mass is 9.56. The van der Waals surface area contributed by atoms with Gasteiger partial charge in [-0.3, -0.25) is 19.2 Å². The number of hydrogen-bond donors (Lipinski definition) is 4. The smallest absolute Gasteiger partial charge is 0.311 e. The molecule has 0 amide bonds. The van der Waals surface area contributed by atoms with Crippen LogP contribution < -0.4 is 0 Å². The van der Waals surface area contributed by atoms with Gasteiger partial charge in [0.15, 0.2) is 0 Å². The quantitative estimate of drug-likeness (QED) is 0.416. The molecule has 0 rings (SSSR count). The number of carboxylic acid groups (broad SMARTS) is 4. The second kappa shape index (κ2) is 7.39. The molecule has 0 aliphatic heterocycles. The van der Waals surface area contributed by atoms with Gasteiger partial charge in [0.2, 0.25) is 0 Å². The van der Waals surface area contributed by atoms with Gasteiger partial charge < -0.3 is 20.4 Å². The lowest BCUT2D eigenvalue weighted by Gasteiger charge is -2.42. The van der Waals surface area contributed by atoms with Crippen LogP contribution in [-0.2, 0) is 19.2 Å². The summed E-state index contributed by atoms with van der Waals surface area (Å²) in [6.45, 7) is 6.65. The predicted molar refractivity (Wildman–Crippen MR) is 74.3 cm³/mol. The fourth-order valence-electron chi connectivity index (χ4n) is 2.62. The standard InChI is InChI=1S/C14H18O8/c1-3-5-13(11(19)20,7-9(15)16)14(6-4-2,12(21)22)8-10(17)18/h3-4H,1-2,5-8H2,(H,15,16)(H,17,18)(H,19,20)(H,21,22). The van der Waals surface area contributed by atoms with Gasteiger partial charge in [0, 0.05) is 0 Å². The van der Waals surface area contributed by atoms with Gasteiger partial charge in [0.25, 0.3) is 0 Å². The lowest BCUT2D eigenvalue weighted by molar-refractivity contribution is -0.182. The number of aliphatic carboxylic acids is 4. The maximum Gasteiger partial charge on any atom is 0.311 e. The van der Waals surface area contributed by atoms with Crippen molar-refractivity contribution in [2.45, 2.75) is 25.7 Å². The third kappa shape index (κ3) is 3.51. The van der Waals surface area contributed by atoms with Crippen molar-refractivity contribution in [3.8, 4) is 0 Å². The van der Waals surface area contributed by atoms with E-state index in [9.17, 15) is 29.4 Å². The number of rotatable bonds is 11. The van der Waals surface area contributed by atoms with Gasteiger partial charge in [-0.1, -0.05) is 12.2 Å². The Bertz CT molecular complexity index is 463. The average molecular weight is 314 g/mol. The van der Waals surface area contributed by atoms with E-state index in [0.717, 1.165) is 12.2 Å². The summed E-state index contributed by atoms with van der Waals surface area (Å²) in [5.74, 6) is -6.52. The van der Waals surface area contributed by atoms with E-state index < -0.39 is 60.4 Å². The highest BCUT2D eigenvalue weighted by atomic mass is 16.4. The molecule has 122 valence electrons. The minimum atomic E-state index is -2.36. The zero-order valence-electron chi connectivity index (χ0n) is 11.8. The molecule has 0 fully saturated rings. The van der Waals surface area contributed by atoms with Crippen LogP contribution in [0.25, 0.3) is 0 Å². The first kappa shape index (κ1) is 19.4. The zero-order chi connectivity index (χ0) is 17.6. The molecule has 2 unspecified atom stereocenters. The van der Waals surface area contributed by atoms with Gasteiger partial charge in [-0.15, -0.1) is 13.2 Å². The van der Waals surface area contributed by atoms with Crippen LogP contribution in [0, 0.1) is 10.8 Å². The third-order valence-electron chi connectivity index (χ3n) is 3.63. The molecule has 0 radical (unpaired) electrons. The SMILES string of the molecule is C=CCC(CC(=O)O)(C(=O)O)C(CC=C)(CC(=O)O)C(=O)O. The molecule has 0 spiro atoms. The van der Waals surface area contributed by atoms with E-state index in [4.69, 9.17) is 10.2 Å². The van der Waals surface area contributed by atoms with Gasteiger partial charge in [-0.2, -0.15) is 0 Å². The second-order valence-electron chi connectivity index (χ2n) is 4.90. The maximum atomic E-state index is 11.8. The predicted octanol–water partition coefficient (Wildman–Crippen LogP) is 1.23. The molecule has 4 N–H and O–H groups in total. The van der Waals surface area contributed by atoms with Crippen LogP contribution in [0.3, 0.4) is 0 Å². The van der Waals surface area contributed by atoms with Gasteiger partial charge in [-0.25, -0.2) is 0 Å². The molecular formula is C14H18O8. The minimum Gasteiger partial charge on any atom is -0.481 e. The van der Waals surface area contributed by atoms with Crippen LogP contribution in [-0.4, -0.2) is 44.3 Å². The van der Waals surface area contributed by atoms with Crippen molar-refractivity contribution in [3.05, 3.63) is 25.3 Å². The fraction of sp³-hybridized carbons (Fsp3) is 0.429. The molecule has 0 bridgehead atoms. The third-order valence-corrected chi connectivity index (χ3v) is 3.63. The van der Waals surface area contributed by atoms with Crippen molar-refractivity contribution in [2.75, 3.05) is 0 Å². The summed E-state index contributed by atoms with van der Waals surface area (Å²) in [7, 11) is 0. The topological polar surface area (TPSA) is 149 Å². The number of carboxylic acids is 4. The molecule has 8 heteroatoms. The molecule has 22 heavy (non-hydrogen) atoms. The van der Waals surface area contributed by atoms with Crippen LogP contribution in [0.2, 0.25) is 0 Å². The van der Waals surface area contributed by atoms with Crippen molar-refractivity contribution in [1.29, 1.82) is 0 Å². The normalized spacial score (nSPS) is 15.8. The van der Waals surface area contributed by atoms with E-state index in [1.54, 1.807) is 0 Å². The first-order chi connectivity index (χ1) is 10.1. The van der Waals surface area contributed by atoms with Crippen LogP contribution >= 0.6 is 0 Å². The van der Waals surface area contributed by atoms with Crippen molar-refractivity contribution < 1.29 is 39.6 Å². The highest BCUT2D eigenvalue weighted by Crippen LogP contribution is 2.51. The van der Waals surface area contributed by atoms with Crippen molar-refractivity contribution in [3.63, 3.8) is 0 Å². The number of hydrogen-bond acceptors (Lipinski definition) is 4. The highest BCUT2D eigenvalue weighted by Gasteiger charge is 2.62. The number of carbonyl (C=O) groups is 4. The van der Waals surface area contributed by atoms with Gasteiger partial charge in [0.05, 0.1) is 23.7 Å². The Labute approximate surface area is 126 Å². The van der Waals surface area contributed by atoms with E-state index in [1.807, 2.05) is 0 Å². The van der Waals surface area contributed by atoms with E-state index in [0.29, 0.717) is 0 Å². The Morgan fingerprint density at radius 1 is 0.727 bits per heavy atom. The summed E-state index contributed by atoms with van der Waals surface area (Å²) >= 11 is 0. The largest absolute Gasteiger partial charge is 0.481 e. The molecule has 0 saturated heterocycles. The van der Waals surface area contributed by atoms with E-state index in [-0.39, 0.29) is 0 Å². The Morgan fingerprint density at radius 3 is 1.14 bits per heavy atom. The summed E-state index contributed by atoms with van der Waals surface area (Å²) in [6.07, 6.45) is -0.993. The van der Waals surface area contributed by atoms with Gasteiger partial charge in [0.1, 0.15) is 0 Å². The lowest BCUT2D eigenvalue weighted by Crippen LogP contribution is -2.54. The van der Waals surface area contributed by atoms with Crippen LogP contribution in [0.1, 0.15) is 25.7 Å². The Hall–Kier alpha value is -2.64. The van der Waals surface area contributed by atoms with E-state index >= 15 is 0 Å². The molecule has 2 atom stereocenters. The van der Waals surface area contributed by atoms with E-state index in [2.05, 4.69) is 13.2 Å². The molecule has 0 saturated carbocycles. The van der Waals surface area contributed by atoms with Crippen LogP contribution in [0.15, 0.2) is 25.3 Å². The minimum absolute atomic E-state index is 0.512. The molecule has 0 aliphatic carbocycles. The first-order valence-corrected chi connectivity index (χ1v) is 6.22. The highest BCUT2D eigenvalue weighted by molar-refractivity contribution is 5.92. The van der Waals surface area contributed by atoms with Crippen LogP contribution in [0.4, 0.5) is 0 Å². The zero-order valence-corrected chi connectivity index (χ0v) is 11.8. The average Bonchev–Trinajstić information content (AvgIpc) is 2.35. The summed E-state index contributed by atoms with van der Waals surface area (Å²) in [4.78, 5) is 45.7. The monoisotopic (exact) mass is 314 g/mol. The maximum absolute atomic E-state index is 11.8. The summed E-state index contributed by atoms with van der Waals surface area (Å²) < 4.78 is 0. The summed E-state index contributed by atoms with van der Waals surface area (Å²) in [6, 6.07) is 0. The Balaban J connectivity index is 6.56. The molecule has 0 aliphatic rings. The molecule has 0 aromatic rings. The second-order valence-corrected chi connectivity index (χ2v) is 4.90. The van der Waals surface area contributed by atoms with Crippen molar-refractivity contribution >= 4 is 23.9 Å². The Kier molecular flexibility index (Phi) is 6.50. The number of allylic oxidation sites excluding steroid dienone is 2. The molecule has 8 nitrogen and oxygen atoms in total. The van der Waals surface area contributed by atoms with Crippen molar-refractivity contribution in [1.82, 2.24) is 0 Å². The molecular weight excluding hydrogens is 296 g/mol. The van der Waals surface area contributed by atoms with Gasteiger partial charge in [-0.05, 0) is 12.8 Å². The fourth-order valence-corrected chi connectivity index (χ4v) is 2.62. The molecule has 0 aromatic heterocycles. The van der Waals surface area contributed by atoms with E-state index in [1.165, 1.54) is 0 Å². The summed E-state index contributed by atoms with van der Waals surface area (Å²) in [5, 5.41) is 37.1. The Morgan fingerprint density at radius 2 is 1.00 bits per heavy atom. The van der Waals surface area contributed by atoms with Crippen molar-refractivity contribution in [2.24, 2.45) is 10.8 Å². The molecule has 0 aromatic carbocycles. The molecule has 0 heterocycles. The first-order valence-electron chi connectivity index (χ1n) is 6.22. The van der Waals surface area contributed by atoms with Crippen LogP contribution in [0.5, 0.6) is 0 Å². The summed E-state index contributed by atoms with van der Waals surface area (Å²) in [5.41, 5.74) is -4.72.